The minimum Gasteiger partial charge on any atom is -0.297 e. The number of benzene rings is 1. The minimum atomic E-state index is -0.113. The van der Waals surface area contributed by atoms with Crippen LogP contribution in [0.5, 0.6) is 0 Å². The average molecular weight is 320 g/mol. The van der Waals surface area contributed by atoms with Crippen LogP contribution in [0.1, 0.15) is 38.4 Å². The van der Waals surface area contributed by atoms with Crippen molar-refractivity contribution < 1.29 is 0 Å². The highest BCUT2D eigenvalue weighted by molar-refractivity contribution is 6.30. The van der Waals surface area contributed by atoms with Gasteiger partial charge >= 0.3 is 0 Å². The van der Waals surface area contributed by atoms with Gasteiger partial charge in [0, 0.05) is 5.02 Å². The molecule has 6 heteroatoms. The van der Waals surface area contributed by atoms with E-state index in [1.165, 1.54) is 12.8 Å². The number of tetrazole rings is 1. The van der Waals surface area contributed by atoms with Crippen molar-refractivity contribution in [3.63, 3.8) is 0 Å². The normalized spacial score (nSPS) is 25.6. The summed E-state index contributed by atoms with van der Waals surface area (Å²) in [6.07, 6.45) is 4.53. The molecular formula is C16H22ClN5. The van der Waals surface area contributed by atoms with Gasteiger partial charge in [0.1, 0.15) is 0 Å². The van der Waals surface area contributed by atoms with Crippen molar-refractivity contribution in [1.82, 2.24) is 25.1 Å². The van der Waals surface area contributed by atoms with Crippen LogP contribution in [0.4, 0.5) is 0 Å². The van der Waals surface area contributed by atoms with E-state index in [-0.39, 0.29) is 5.54 Å². The molecule has 0 amide bonds. The van der Waals surface area contributed by atoms with Gasteiger partial charge in [-0.1, -0.05) is 24.6 Å². The third-order valence-electron chi connectivity index (χ3n) is 4.90. The predicted octanol–water partition coefficient (Wildman–Crippen LogP) is 3.28. The van der Waals surface area contributed by atoms with E-state index in [1.54, 1.807) is 0 Å². The lowest BCUT2D eigenvalue weighted by atomic mass is 9.75. The molecule has 0 N–H and O–H groups in total. The highest BCUT2D eigenvalue weighted by atomic mass is 35.5. The fraction of sp³-hybridized carbons (Fsp3) is 0.562. The fourth-order valence-electron chi connectivity index (χ4n) is 3.37. The smallest absolute Gasteiger partial charge is 0.176 e. The summed E-state index contributed by atoms with van der Waals surface area (Å²) >= 11 is 6.12. The molecule has 1 aliphatic carbocycles. The van der Waals surface area contributed by atoms with E-state index in [1.807, 2.05) is 28.9 Å². The van der Waals surface area contributed by atoms with Gasteiger partial charge in [-0.2, -0.15) is 4.68 Å². The first kappa shape index (κ1) is 15.4. The third kappa shape index (κ3) is 2.63. The van der Waals surface area contributed by atoms with Crippen molar-refractivity contribution in [3.8, 4) is 5.69 Å². The van der Waals surface area contributed by atoms with E-state index in [2.05, 4.69) is 41.4 Å². The van der Waals surface area contributed by atoms with E-state index >= 15 is 0 Å². The molecule has 1 aromatic heterocycles. The highest BCUT2D eigenvalue weighted by Gasteiger charge is 2.42. The average Bonchev–Trinajstić information content (AvgIpc) is 2.98. The summed E-state index contributed by atoms with van der Waals surface area (Å²) in [5.41, 5.74) is 0.797. The van der Waals surface area contributed by atoms with Gasteiger partial charge in [0.05, 0.1) is 11.2 Å². The Kier molecular flexibility index (Phi) is 4.19. The fourth-order valence-corrected chi connectivity index (χ4v) is 3.55. The standard InChI is InChI=1S/C16H22ClN5/c1-12-7-9-16(10-8-12,21(2)3)15-18-19-20-22(15)14-6-4-5-13(17)11-14/h4-6,11-12H,7-10H2,1-3H3. The Hall–Kier alpha value is -1.46. The quantitative estimate of drug-likeness (QED) is 0.871. The molecule has 118 valence electrons. The molecule has 1 fully saturated rings. The van der Waals surface area contributed by atoms with Gasteiger partial charge in [0.2, 0.25) is 0 Å². The summed E-state index contributed by atoms with van der Waals surface area (Å²) in [4.78, 5) is 2.27. The number of aromatic nitrogens is 4. The molecule has 3 rings (SSSR count). The Balaban J connectivity index is 2.06. The van der Waals surface area contributed by atoms with Crippen LogP contribution in [-0.2, 0) is 5.54 Å². The molecule has 0 bridgehead atoms. The number of hydrogen-bond donors (Lipinski definition) is 0. The lowest BCUT2D eigenvalue weighted by molar-refractivity contribution is 0.0698. The van der Waals surface area contributed by atoms with Gasteiger partial charge in [-0.3, -0.25) is 4.90 Å². The zero-order valence-corrected chi connectivity index (χ0v) is 14.1. The number of halogens is 1. The van der Waals surface area contributed by atoms with Crippen molar-refractivity contribution in [2.45, 2.75) is 38.1 Å². The van der Waals surface area contributed by atoms with Crippen LogP contribution in [0, 0.1) is 5.92 Å². The van der Waals surface area contributed by atoms with Crippen LogP contribution in [0.15, 0.2) is 24.3 Å². The van der Waals surface area contributed by atoms with E-state index in [9.17, 15) is 0 Å². The van der Waals surface area contributed by atoms with Crippen LogP contribution >= 0.6 is 11.6 Å². The number of nitrogens with zero attached hydrogens (tertiary/aromatic N) is 5. The second kappa shape index (κ2) is 5.97. The van der Waals surface area contributed by atoms with Crippen LogP contribution in [-0.4, -0.2) is 39.2 Å². The SMILES string of the molecule is CC1CCC(c2nnnn2-c2cccc(Cl)c2)(N(C)C)CC1. The highest BCUT2D eigenvalue weighted by Crippen LogP contribution is 2.42. The minimum absolute atomic E-state index is 0.113. The summed E-state index contributed by atoms with van der Waals surface area (Å²) in [5.74, 6) is 1.68. The summed E-state index contributed by atoms with van der Waals surface area (Å²) < 4.78 is 1.84. The maximum absolute atomic E-state index is 6.12. The van der Waals surface area contributed by atoms with Crippen molar-refractivity contribution in [2.75, 3.05) is 14.1 Å². The molecule has 5 nitrogen and oxygen atoms in total. The molecule has 0 spiro atoms. The molecule has 0 saturated heterocycles. The maximum Gasteiger partial charge on any atom is 0.176 e. The van der Waals surface area contributed by atoms with Crippen molar-refractivity contribution in [2.24, 2.45) is 5.92 Å². The lowest BCUT2D eigenvalue weighted by Gasteiger charge is -2.43. The van der Waals surface area contributed by atoms with Crippen LogP contribution in [0.25, 0.3) is 5.69 Å². The predicted molar refractivity (Wildman–Crippen MR) is 87.2 cm³/mol. The third-order valence-corrected chi connectivity index (χ3v) is 5.13. The van der Waals surface area contributed by atoms with E-state index in [0.29, 0.717) is 5.02 Å². The summed E-state index contributed by atoms with van der Waals surface area (Å²) in [5, 5.41) is 13.2. The van der Waals surface area contributed by atoms with Crippen LogP contribution in [0.2, 0.25) is 5.02 Å². The lowest BCUT2D eigenvalue weighted by Crippen LogP contribution is -2.46. The largest absolute Gasteiger partial charge is 0.297 e. The molecule has 0 atom stereocenters. The van der Waals surface area contributed by atoms with Crippen molar-refractivity contribution in [3.05, 3.63) is 35.1 Å². The van der Waals surface area contributed by atoms with Crippen molar-refractivity contribution in [1.29, 1.82) is 0 Å². The van der Waals surface area contributed by atoms with Gasteiger partial charge in [0.25, 0.3) is 0 Å². The van der Waals surface area contributed by atoms with Gasteiger partial charge in [-0.25, -0.2) is 0 Å². The van der Waals surface area contributed by atoms with Gasteiger partial charge < -0.3 is 0 Å². The Labute approximate surface area is 136 Å². The molecule has 1 heterocycles. The Morgan fingerprint density at radius 3 is 2.64 bits per heavy atom. The van der Waals surface area contributed by atoms with Gasteiger partial charge in [-0.05, 0) is 74.3 Å². The summed E-state index contributed by atoms with van der Waals surface area (Å²) in [6, 6.07) is 7.67. The first-order valence-corrected chi connectivity index (χ1v) is 8.13. The molecule has 22 heavy (non-hydrogen) atoms. The second-order valence-corrected chi connectivity index (χ2v) is 6.94. The second-order valence-electron chi connectivity index (χ2n) is 6.50. The Bertz CT molecular complexity index is 643. The maximum atomic E-state index is 6.12. The van der Waals surface area contributed by atoms with E-state index < -0.39 is 0 Å². The molecule has 1 aromatic carbocycles. The first-order chi connectivity index (χ1) is 10.5. The molecular weight excluding hydrogens is 298 g/mol. The molecule has 2 aromatic rings. The first-order valence-electron chi connectivity index (χ1n) is 7.75. The number of hydrogen-bond acceptors (Lipinski definition) is 4. The molecule has 1 aliphatic rings. The Morgan fingerprint density at radius 2 is 2.00 bits per heavy atom. The topological polar surface area (TPSA) is 46.8 Å². The summed E-state index contributed by atoms with van der Waals surface area (Å²) in [6.45, 7) is 2.32. The van der Waals surface area contributed by atoms with Gasteiger partial charge in [-0.15, -0.1) is 5.10 Å². The van der Waals surface area contributed by atoms with Crippen LogP contribution in [0.3, 0.4) is 0 Å². The van der Waals surface area contributed by atoms with E-state index in [4.69, 9.17) is 11.6 Å². The Morgan fingerprint density at radius 1 is 1.27 bits per heavy atom. The van der Waals surface area contributed by atoms with Gasteiger partial charge in [0.15, 0.2) is 5.82 Å². The van der Waals surface area contributed by atoms with Crippen LogP contribution < -0.4 is 0 Å². The zero-order chi connectivity index (χ0) is 15.7. The molecule has 0 radical (unpaired) electrons. The molecule has 0 aliphatic heterocycles. The molecule has 1 saturated carbocycles. The zero-order valence-electron chi connectivity index (χ0n) is 13.3. The number of rotatable bonds is 3. The summed E-state index contributed by atoms with van der Waals surface area (Å²) in [7, 11) is 4.24. The van der Waals surface area contributed by atoms with E-state index in [0.717, 1.165) is 30.3 Å². The van der Waals surface area contributed by atoms with Crippen molar-refractivity contribution >= 4 is 11.6 Å². The molecule has 0 unspecified atom stereocenters. The monoisotopic (exact) mass is 319 g/mol.